The molecule has 74 heavy (non-hydrogen) atoms. The molecule has 0 aromatic rings. The summed E-state index contributed by atoms with van der Waals surface area (Å²) in [5.41, 5.74) is 0. The number of ether oxygens (including phenoxy) is 6. The maximum absolute atomic E-state index is 12.6. The second-order valence-electron chi connectivity index (χ2n) is 20.4. The van der Waals surface area contributed by atoms with Crippen LogP contribution in [0.25, 0.3) is 0 Å². The first-order valence-electron chi connectivity index (χ1n) is 28.2. The van der Waals surface area contributed by atoms with Crippen molar-refractivity contribution in [1.82, 2.24) is 5.32 Å². The van der Waals surface area contributed by atoms with E-state index in [2.05, 4.69) is 36.5 Å². The Hall–Kier alpha value is -1.99. The maximum atomic E-state index is 12.6. The summed E-state index contributed by atoms with van der Waals surface area (Å²) in [6.45, 7) is 1.29. The molecule has 19 heteroatoms. The van der Waals surface area contributed by atoms with Crippen LogP contribution in [0.4, 0.5) is 0 Å². The van der Waals surface area contributed by atoms with E-state index in [0.717, 1.165) is 25.7 Å². The topological polar surface area (TPSA) is 307 Å². The van der Waals surface area contributed by atoms with Crippen LogP contribution < -0.4 is 5.32 Å². The molecule has 432 valence electrons. The summed E-state index contributed by atoms with van der Waals surface area (Å²) < 4.78 is 33.8. The lowest BCUT2D eigenvalue weighted by molar-refractivity contribution is -0.379. The van der Waals surface area contributed by atoms with Crippen molar-refractivity contribution in [2.45, 2.75) is 279 Å². The molecule has 0 aromatic heterocycles. The molecule has 3 saturated heterocycles. The Kier molecular flexibility index (Phi) is 35.3. The Balaban J connectivity index is 1.34. The van der Waals surface area contributed by atoms with Crippen LogP contribution in [-0.2, 0) is 33.2 Å². The molecule has 0 saturated carbocycles. The van der Waals surface area contributed by atoms with Crippen molar-refractivity contribution in [3.8, 4) is 0 Å². The molecule has 17 unspecified atom stereocenters. The summed E-state index contributed by atoms with van der Waals surface area (Å²) in [7, 11) is 0. The van der Waals surface area contributed by atoms with Crippen LogP contribution >= 0.6 is 0 Å². The molecule has 3 aliphatic rings. The minimum absolute atomic E-state index is 0.181. The predicted octanol–water partition coefficient (Wildman–Crippen LogP) is 3.76. The summed E-state index contributed by atoms with van der Waals surface area (Å²) in [4.78, 5) is 12.6. The van der Waals surface area contributed by atoms with Crippen molar-refractivity contribution < 1.29 is 89.4 Å². The summed E-state index contributed by atoms with van der Waals surface area (Å²) >= 11 is 0. The van der Waals surface area contributed by atoms with Gasteiger partial charge in [-0.25, -0.2) is 0 Å². The van der Waals surface area contributed by atoms with Gasteiger partial charge in [-0.3, -0.25) is 4.79 Å². The number of rotatable bonds is 40. The van der Waals surface area contributed by atoms with Crippen molar-refractivity contribution in [3.05, 3.63) is 36.5 Å². The standard InChI is InChI=1S/C55H99NO18/c1-3-5-6-7-8-9-10-11-12-13-14-15-16-17-18-19-20-21-22-23-24-25-26-27-28-29-30-31-33-39(60)38(56-43(61)32-4-2)37-69-53-49(67)46(64)51(41(35-58)71-53)74-55-50(68)47(65)52(42(36-59)72-55)73-54-48(66)45(63)44(62)40(34-57)70-54/h23-24,27-28,31,33,38-42,44-55,57-60,62-68H,3-22,25-26,29-30,32,34-37H2,1-2H3,(H,56,61)/b24-23+,28-27+,33-31+. The van der Waals surface area contributed by atoms with Crippen LogP contribution in [0, 0.1) is 0 Å². The molecule has 1 amide bonds. The van der Waals surface area contributed by atoms with Crippen molar-refractivity contribution in [1.29, 1.82) is 0 Å². The van der Waals surface area contributed by atoms with Gasteiger partial charge in [0.1, 0.15) is 73.2 Å². The Morgan fingerprint density at radius 1 is 0.473 bits per heavy atom. The van der Waals surface area contributed by atoms with Gasteiger partial charge in [0.25, 0.3) is 0 Å². The average molecular weight is 1060 g/mol. The lowest BCUT2D eigenvalue weighted by Gasteiger charge is -2.48. The molecule has 17 atom stereocenters. The van der Waals surface area contributed by atoms with Crippen LogP contribution in [0.5, 0.6) is 0 Å². The van der Waals surface area contributed by atoms with Gasteiger partial charge in [-0.2, -0.15) is 0 Å². The first-order chi connectivity index (χ1) is 35.8. The summed E-state index contributed by atoms with van der Waals surface area (Å²) in [6.07, 6.45) is 15.2. The lowest BCUT2D eigenvalue weighted by Crippen LogP contribution is -2.66. The molecular weight excluding hydrogens is 963 g/mol. The smallest absolute Gasteiger partial charge is 0.220 e. The summed E-state index contributed by atoms with van der Waals surface area (Å²) in [5, 5.41) is 119. The van der Waals surface area contributed by atoms with Gasteiger partial charge in [0.15, 0.2) is 18.9 Å². The van der Waals surface area contributed by atoms with Crippen LogP contribution in [-0.4, -0.2) is 193 Å². The van der Waals surface area contributed by atoms with E-state index in [0.29, 0.717) is 12.8 Å². The van der Waals surface area contributed by atoms with Gasteiger partial charge in [-0.1, -0.05) is 159 Å². The second-order valence-corrected chi connectivity index (χ2v) is 20.4. The molecule has 0 aliphatic carbocycles. The van der Waals surface area contributed by atoms with Crippen molar-refractivity contribution in [2.24, 2.45) is 0 Å². The first kappa shape index (κ1) is 66.3. The van der Waals surface area contributed by atoms with E-state index in [1.165, 1.54) is 116 Å². The SMILES string of the molecule is CCCCCCCCCCCCCCCCCCCC/C=C/CC/C=C/CC/C=C/C(O)C(COC1OC(CO)C(OC2OC(CO)C(OC3OC(CO)C(O)C(O)C3O)C(O)C2O)C(O)C1O)NC(=O)CCC. The largest absolute Gasteiger partial charge is 0.394 e. The second kappa shape index (κ2) is 39.4. The van der Waals surface area contributed by atoms with Gasteiger partial charge < -0.3 is 89.9 Å². The minimum atomic E-state index is -1.98. The fraction of sp³-hybridized carbons (Fsp3) is 0.873. The number of hydrogen-bond donors (Lipinski definition) is 12. The van der Waals surface area contributed by atoms with Gasteiger partial charge in [-0.05, 0) is 44.9 Å². The Morgan fingerprint density at radius 3 is 1.32 bits per heavy atom. The number of carbonyl (C=O) groups is 1. The van der Waals surface area contributed by atoms with Crippen LogP contribution in [0.3, 0.4) is 0 Å². The molecule has 0 aromatic carbocycles. The number of aliphatic hydroxyl groups excluding tert-OH is 11. The highest BCUT2D eigenvalue weighted by Gasteiger charge is 2.53. The van der Waals surface area contributed by atoms with Gasteiger partial charge in [0.05, 0.1) is 38.6 Å². The highest BCUT2D eigenvalue weighted by molar-refractivity contribution is 5.76. The first-order valence-corrected chi connectivity index (χ1v) is 28.2. The van der Waals surface area contributed by atoms with Gasteiger partial charge in [-0.15, -0.1) is 0 Å². The van der Waals surface area contributed by atoms with E-state index in [-0.39, 0.29) is 18.9 Å². The zero-order chi connectivity index (χ0) is 54.1. The molecule has 0 bridgehead atoms. The Bertz CT molecular complexity index is 1500. The molecule has 3 rings (SSSR count). The fourth-order valence-corrected chi connectivity index (χ4v) is 9.50. The van der Waals surface area contributed by atoms with E-state index in [1.54, 1.807) is 12.2 Å². The molecule has 3 fully saturated rings. The minimum Gasteiger partial charge on any atom is -0.394 e. The number of allylic oxidation sites excluding steroid dienone is 5. The summed E-state index contributed by atoms with van der Waals surface area (Å²) in [6, 6.07) is -0.989. The summed E-state index contributed by atoms with van der Waals surface area (Å²) in [5.74, 6) is -0.344. The number of unbranched alkanes of at least 4 members (excludes halogenated alkanes) is 20. The third-order valence-electron chi connectivity index (χ3n) is 14.1. The number of hydrogen-bond acceptors (Lipinski definition) is 18. The normalized spacial score (nSPS) is 31.7. The predicted molar refractivity (Wildman–Crippen MR) is 277 cm³/mol. The average Bonchev–Trinajstić information content (AvgIpc) is 3.39. The molecule has 3 aliphatic heterocycles. The number of carbonyl (C=O) groups excluding carboxylic acids is 1. The van der Waals surface area contributed by atoms with Crippen molar-refractivity contribution in [2.75, 3.05) is 26.4 Å². The van der Waals surface area contributed by atoms with Gasteiger partial charge >= 0.3 is 0 Å². The Labute approximate surface area is 440 Å². The fourth-order valence-electron chi connectivity index (χ4n) is 9.50. The monoisotopic (exact) mass is 1060 g/mol. The number of amides is 1. The van der Waals surface area contributed by atoms with Crippen LogP contribution in [0.15, 0.2) is 36.5 Å². The molecule has 0 spiro atoms. The van der Waals surface area contributed by atoms with Crippen molar-refractivity contribution >= 4 is 5.91 Å². The van der Waals surface area contributed by atoms with Crippen LogP contribution in [0.1, 0.15) is 174 Å². The number of aliphatic hydroxyl groups is 11. The third-order valence-corrected chi connectivity index (χ3v) is 14.1. The lowest BCUT2D eigenvalue weighted by atomic mass is 9.96. The zero-order valence-electron chi connectivity index (χ0n) is 44.6. The molecular formula is C55H99NO18. The van der Waals surface area contributed by atoms with Gasteiger partial charge in [0, 0.05) is 6.42 Å². The zero-order valence-corrected chi connectivity index (χ0v) is 44.6. The van der Waals surface area contributed by atoms with Crippen molar-refractivity contribution in [3.63, 3.8) is 0 Å². The molecule has 0 radical (unpaired) electrons. The quantitative estimate of drug-likeness (QED) is 0.0307. The Morgan fingerprint density at radius 2 is 0.865 bits per heavy atom. The molecule has 19 nitrogen and oxygen atoms in total. The van der Waals surface area contributed by atoms with Crippen LogP contribution in [0.2, 0.25) is 0 Å². The van der Waals surface area contributed by atoms with E-state index >= 15 is 0 Å². The van der Waals surface area contributed by atoms with E-state index < -0.39 is 124 Å². The highest BCUT2D eigenvalue weighted by Crippen LogP contribution is 2.33. The number of nitrogens with one attached hydrogen (secondary N) is 1. The maximum Gasteiger partial charge on any atom is 0.220 e. The molecule has 12 N–H and O–H groups in total. The van der Waals surface area contributed by atoms with E-state index in [1.807, 2.05) is 6.92 Å². The van der Waals surface area contributed by atoms with E-state index in [9.17, 15) is 61.0 Å². The molecule has 3 heterocycles. The third kappa shape index (κ3) is 23.9. The van der Waals surface area contributed by atoms with E-state index in [4.69, 9.17) is 28.4 Å². The highest BCUT2D eigenvalue weighted by atomic mass is 16.8. The van der Waals surface area contributed by atoms with Gasteiger partial charge in [0.2, 0.25) is 5.91 Å².